The highest BCUT2D eigenvalue weighted by molar-refractivity contribution is 5.31. The van der Waals surface area contributed by atoms with E-state index in [9.17, 15) is 5.11 Å². The maximum absolute atomic E-state index is 9.39. The highest BCUT2D eigenvalue weighted by atomic mass is 16.5. The van der Waals surface area contributed by atoms with Gasteiger partial charge in [0.15, 0.2) is 0 Å². The molecular formula is C18H23NO2. The van der Waals surface area contributed by atoms with Crippen molar-refractivity contribution in [2.24, 2.45) is 0 Å². The molecule has 0 aliphatic rings. The Morgan fingerprint density at radius 2 is 1.81 bits per heavy atom. The molecule has 2 atom stereocenters. The summed E-state index contributed by atoms with van der Waals surface area (Å²) in [6, 6.07) is 16.0. The van der Waals surface area contributed by atoms with E-state index in [1.165, 1.54) is 11.1 Å². The summed E-state index contributed by atoms with van der Waals surface area (Å²) in [5.41, 5.74) is 2.39. The van der Waals surface area contributed by atoms with Crippen LogP contribution in [-0.4, -0.2) is 12.2 Å². The van der Waals surface area contributed by atoms with Crippen molar-refractivity contribution in [1.29, 1.82) is 0 Å². The van der Waals surface area contributed by atoms with Crippen LogP contribution in [0, 0.1) is 0 Å². The Bertz CT molecular complexity index is 566. The molecule has 2 N–H and O–H groups in total. The molecule has 0 spiro atoms. The predicted octanol–water partition coefficient (Wildman–Crippen LogP) is 4.20. The van der Waals surface area contributed by atoms with E-state index < -0.39 is 0 Å². The van der Waals surface area contributed by atoms with Crippen molar-refractivity contribution < 1.29 is 9.84 Å². The van der Waals surface area contributed by atoms with Gasteiger partial charge in [-0.15, -0.1) is 0 Å². The van der Waals surface area contributed by atoms with Crippen LogP contribution in [0.1, 0.15) is 43.5 Å². The Morgan fingerprint density at radius 1 is 1.10 bits per heavy atom. The van der Waals surface area contributed by atoms with E-state index in [-0.39, 0.29) is 12.1 Å². The maximum atomic E-state index is 9.39. The van der Waals surface area contributed by atoms with Gasteiger partial charge in [0.25, 0.3) is 0 Å². The number of phenols is 1. The number of rotatable bonds is 6. The molecule has 0 saturated carbocycles. The SMILES string of the molecule is CCC(N[C@H](C)c1cccc(OC)c1)c1ccc(O)cc1. The fourth-order valence-corrected chi connectivity index (χ4v) is 2.47. The number of phenolic OH excluding ortho intramolecular Hbond substituents is 1. The molecule has 0 amide bonds. The van der Waals surface area contributed by atoms with Crippen molar-refractivity contribution in [1.82, 2.24) is 5.32 Å². The highest BCUT2D eigenvalue weighted by Gasteiger charge is 2.14. The number of ether oxygens (including phenoxy) is 1. The Hall–Kier alpha value is -2.00. The van der Waals surface area contributed by atoms with Gasteiger partial charge in [0.2, 0.25) is 0 Å². The first-order valence-electron chi connectivity index (χ1n) is 7.33. The summed E-state index contributed by atoms with van der Waals surface area (Å²) in [6.07, 6.45) is 0.985. The molecule has 3 nitrogen and oxygen atoms in total. The first-order valence-corrected chi connectivity index (χ1v) is 7.33. The molecule has 0 saturated heterocycles. The lowest BCUT2D eigenvalue weighted by Crippen LogP contribution is -2.24. The molecule has 3 heteroatoms. The summed E-state index contributed by atoms with van der Waals surface area (Å²) in [7, 11) is 1.68. The molecule has 0 aliphatic carbocycles. The minimum Gasteiger partial charge on any atom is -0.508 e. The normalized spacial score (nSPS) is 13.7. The van der Waals surface area contributed by atoms with E-state index in [0.717, 1.165) is 12.2 Å². The molecule has 0 fully saturated rings. The fourth-order valence-electron chi connectivity index (χ4n) is 2.47. The van der Waals surface area contributed by atoms with Crippen LogP contribution < -0.4 is 10.1 Å². The molecular weight excluding hydrogens is 262 g/mol. The molecule has 2 aromatic carbocycles. The van der Waals surface area contributed by atoms with Crippen molar-refractivity contribution in [2.75, 3.05) is 7.11 Å². The van der Waals surface area contributed by atoms with Crippen LogP contribution in [0.4, 0.5) is 0 Å². The lowest BCUT2D eigenvalue weighted by Gasteiger charge is -2.23. The Balaban J connectivity index is 2.11. The van der Waals surface area contributed by atoms with E-state index in [2.05, 4.69) is 31.3 Å². The van der Waals surface area contributed by atoms with Crippen LogP contribution in [0.15, 0.2) is 48.5 Å². The zero-order valence-corrected chi connectivity index (χ0v) is 12.8. The number of nitrogens with one attached hydrogen (secondary N) is 1. The lowest BCUT2D eigenvalue weighted by molar-refractivity contribution is 0.411. The second-order valence-corrected chi connectivity index (χ2v) is 5.22. The third kappa shape index (κ3) is 3.99. The zero-order valence-electron chi connectivity index (χ0n) is 12.8. The first kappa shape index (κ1) is 15.4. The van der Waals surface area contributed by atoms with E-state index in [0.29, 0.717) is 5.75 Å². The summed E-state index contributed by atoms with van der Waals surface area (Å²) < 4.78 is 5.28. The monoisotopic (exact) mass is 285 g/mol. The Morgan fingerprint density at radius 3 is 2.43 bits per heavy atom. The van der Waals surface area contributed by atoms with Crippen molar-refractivity contribution in [2.45, 2.75) is 32.4 Å². The standard InChI is InChI=1S/C18H23NO2/c1-4-18(14-8-10-16(20)11-9-14)19-13(2)15-6-5-7-17(12-15)21-3/h5-13,18-20H,4H2,1-3H3/t13-,18?/m1/s1. The van der Waals surface area contributed by atoms with Gasteiger partial charge in [-0.05, 0) is 48.7 Å². The summed E-state index contributed by atoms with van der Waals surface area (Å²) in [6.45, 7) is 4.31. The first-order chi connectivity index (χ1) is 10.1. The van der Waals surface area contributed by atoms with Crippen molar-refractivity contribution in [3.63, 3.8) is 0 Å². The highest BCUT2D eigenvalue weighted by Crippen LogP contribution is 2.25. The van der Waals surface area contributed by atoms with Gasteiger partial charge in [-0.1, -0.05) is 31.2 Å². The van der Waals surface area contributed by atoms with Gasteiger partial charge in [0.1, 0.15) is 11.5 Å². The minimum absolute atomic E-state index is 0.221. The van der Waals surface area contributed by atoms with Crippen LogP contribution >= 0.6 is 0 Å². The summed E-state index contributed by atoms with van der Waals surface area (Å²) >= 11 is 0. The number of benzene rings is 2. The van der Waals surface area contributed by atoms with E-state index in [1.807, 2.05) is 24.3 Å². The van der Waals surface area contributed by atoms with Gasteiger partial charge in [-0.25, -0.2) is 0 Å². The maximum Gasteiger partial charge on any atom is 0.119 e. The van der Waals surface area contributed by atoms with Crippen molar-refractivity contribution in [3.8, 4) is 11.5 Å². The Labute approximate surface area is 126 Å². The fraction of sp³-hybridized carbons (Fsp3) is 0.333. The number of aromatic hydroxyl groups is 1. The number of methoxy groups -OCH3 is 1. The van der Waals surface area contributed by atoms with E-state index in [4.69, 9.17) is 4.74 Å². The Kier molecular flexibility index (Phi) is 5.23. The van der Waals surface area contributed by atoms with E-state index >= 15 is 0 Å². The van der Waals surface area contributed by atoms with Gasteiger partial charge in [0.05, 0.1) is 7.11 Å². The lowest BCUT2D eigenvalue weighted by atomic mass is 10.0. The van der Waals surface area contributed by atoms with Crippen molar-refractivity contribution >= 4 is 0 Å². The summed E-state index contributed by atoms with van der Waals surface area (Å²) in [5.74, 6) is 1.17. The molecule has 0 bridgehead atoms. The molecule has 0 aliphatic heterocycles. The van der Waals surface area contributed by atoms with Crippen LogP contribution in [0.5, 0.6) is 11.5 Å². The molecule has 0 aromatic heterocycles. The van der Waals surface area contributed by atoms with Gasteiger partial charge in [0, 0.05) is 12.1 Å². The van der Waals surface area contributed by atoms with Crippen LogP contribution in [0.3, 0.4) is 0 Å². The van der Waals surface area contributed by atoms with Crippen LogP contribution in [-0.2, 0) is 0 Å². The molecule has 0 heterocycles. The van der Waals surface area contributed by atoms with Gasteiger partial charge < -0.3 is 15.2 Å². The molecule has 2 aromatic rings. The molecule has 2 rings (SSSR count). The quantitative estimate of drug-likeness (QED) is 0.835. The minimum atomic E-state index is 0.221. The zero-order chi connectivity index (χ0) is 15.2. The summed E-state index contributed by atoms with van der Waals surface area (Å²) in [5, 5.41) is 13.0. The molecule has 1 unspecified atom stereocenters. The largest absolute Gasteiger partial charge is 0.508 e. The topological polar surface area (TPSA) is 41.5 Å². The second-order valence-electron chi connectivity index (χ2n) is 5.22. The average molecular weight is 285 g/mol. The summed E-state index contributed by atoms with van der Waals surface area (Å²) in [4.78, 5) is 0. The number of hydrogen-bond donors (Lipinski definition) is 2. The third-order valence-corrected chi connectivity index (χ3v) is 3.75. The second kappa shape index (κ2) is 7.14. The van der Waals surface area contributed by atoms with Gasteiger partial charge >= 0.3 is 0 Å². The number of hydrogen-bond acceptors (Lipinski definition) is 3. The molecule has 0 radical (unpaired) electrons. The average Bonchev–Trinajstić information content (AvgIpc) is 2.53. The van der Waals surface area contributed by atoms with E-state index in [1.54, 1.807) is 19.2 Å². The van der Waals surface area contributed by atoms with Gasteiger partial charge in [-0.2, -0.15) is 0 Å². The predicted molar refractivity (Wildman–Crippen MR) is 85.7 cm³/mol. The molecule has 21 heavy (non-hydrogen) atoms. The van der Waals surface area contributed by atoms with Crippen LogP contribution in [0.2, 0.25) is 0 Å². The third-order valence-electron chi connectivity index (χ3n) is 3.75. The molecule has 112 valence electrons. The van der Waals surface area contributed by atoms with Gasteiger partial charge in [-0.3, -0.25) is 0 Å². The van der Waals surface area contributed by atoms with Crippen LogP contribution in [0.25, 0.3) is 0 Å². The van der Waals surface area contributed by atoms with Crippen molar-refractivity contribution in [3.05, 3.63) is 59.7 Å². The smallest absolute Gasteiger partial charge is 0.119 e.